The minimum atomic E-state index is -0.0718. The van der Waals surface area contributed by atoms with Gasteiger partial charge in [-0.1, -0.05) is 51.0 Å². The van der Waals surface area contributed by atoms with Gasteiger partial charge in [-0.15, -0.1) is 0 Å². The van der Waals surface area contributed by atoms with E-state index in [1.165, 1.54) is 0 Å². The lowest BCUT2D eigenvalue weighted by Crippen LogP contribution is -2.37. The average Bonchev–Trinajstić information content (AvgIpc) is 2.40. The molecule has 0 saturated heterocycles. The van der Waals surface area contributed by atoms with Crippen molar-refractivity contribution in [2.45, 2.75) is 39.7 Å². The van der Waals surface area contributed by atoms with Crippen molar-refractivity contribution in [3.05, 3.63) is 35.4 Å². The largest absolute Gasteiger partial charge is 0.389 e. The van der Waals surface area contributed by atoms with Gasteiger partial charge in [-0.2, -0.15) is 0 Å². The zero-order valence-electron chi connectivity index (χ0n) is 11.8. The smallest absolute Gasteiger partial charge is 0.251 e. The minimum absolute atomic E-state index is 0.0718. The third-order valence-corrected chi connectivity index (χ3v) is 3.76. The van der Waals surface area contributed by atoms with Crippen molar-refractivity contribution in [3.8, 4) is 0 Å². The quantitative estimate of drug-likeness (QED) is 0.787. The number of thiocarbonyl (C=S) groups is 1. The van der Waals surface area contributed by atoms with E-state index < -0.39 is 0 Å². The van der Waals surface area contributed by atoms with Crippen LogP contribution in [0.15, 0.2) is 24.3 Å². The third kappa shape index (κ3) is 4.31. The predicted molar refractivity (Wildman–Crippen MR) is 83.3 cm³/mol. The fraction of sp³-hybridized carbons (Fsp3) is 0.467. The van der Waals surface area contributed by atoms with Crippen molar-refractivity contribution in [1.29, 1.82) is 0 Å². The molecule has 19 heavy (non-hydrogen) atoms. The Labute approximate surface area is 120 Å². The van der Waals surface area contributed by atoms with Crippen LogP contribution in [0.3, 0.4) is 0 Å². The molecule has 0 fully saturated rings. The van der Waals surface area contributed by atoms with Crippen molar-refractivity contribution >= 4 is 23.1 Å². The van der Waals surface area contributed by atoms with Crippen molar-refractivity contribution in [2.75, 3.05) is 0 Å². The predicted octanol–water partition coefficient (Wildman–Crippen LogP) is 2.88. The van der Waals surface area contributed by atoms with Crippen LogP contribution in [0.25, 0.3) is 0 Å². The second-order valence-corrected chi connectivity index (χ2v) is 5.22. The van der Waals surface area contributed by atoms with E-state index in [9.17, 15) is 4.79 Å². The summed E-state index contributed by atoms with van der Waals surface area (Å²) in [4.78, 5) is 12.5. The number of carbonyl (C=O) groups is 1. The van der Waals surface area contributed by atoms with Gasteiger partial charge in [-0.05, 0) is 25.0 Å². The van der Waals surface area contributed by atoms with E-state index in [2.05, 4.69) is 19.2 Å². The molecular weight excluding hydrogens is 256 g/mol. The number of benzene rings is 1. The minimum Gasteiger partial charge on any atom is -0.389 e. The first-order valence-corrected chi connectivity index (χ1v) is 7.11. The van der Waals surface area contributed by atoms with E-state index >= 15 is 0 Å². The van der Waals surface area contributed by atoms with Gasteiger partial charge in [0.15, 0.2) is 0 Å². The lowest BCUT2D eigenvalue weighted by Gasteiger charge is -2.22. The zero-order chi connectivity index (χ0) is 14.4. The maximum atomic E-state index is 12.2. The number of hydrogen-bond acceptors (Lipinski definition) is 2. The summed E-state index contributed by atoms with van der Waals surface area (Å²) < 4.78 is 0. The number of hydrogen-bond donors (Lipinski definition) is 2. The molecular formula is C15H22N2OS. The molecule has 0 aliphatic heterocycles. The number of rotatable bonds is 6. The van der Waals surface area contributed by atoms with Crippen LogP contribution in [0.2, 0.25) is 0 Å². The molecule has 0 radical (unpaired) electrons. The second-order valence-electron chi connectivity index (χ2n) is 4.78. The summed E-state index contributed by atoms with van der Waals surface area (Å²) in [6, 6.07) is 7.28. The first-order valence-electron chi connectivity index (χ1n) is 6.70. The summed E-state index contributed by atoms with van der Waals surface area (Å²) in [6.45, 7) is 6.33. The molecule has 0 aliphatic carbocycles. The van der Waals surface area contributed by atoms with Gasteiger partial charge in [-0.25, -0.2) is 0 Å². The standard InChI is InChI=1S/C15H22N2OS/c1-4-11(5-2)10(3)17-15(18)13-8-6-7-12(9-13)14(16)19/h6-11H,4-5H2,1-3H3,(H2,16,19)(H,17,18). The molecule has 104 valence electrons. The van der Waals surface area contributed by atoms with E-state index in [0.29, 0.717) is 16.5 Å². The van der Waals surface area contributed by atoms with Crippen LogP contribution in [0, 0.1) is 5.92 Å². The first-order chi connectivity index (χ1) is 8.99. The molecule has 1 amide bonds. The molecule has 1 unspecified atom stereocenters. The van der Waals surface area contributed by atoms with Crippen molar-refractivity contribution < 1.29 is 4.79 Å². The van der Waals surface area contributed by atoms with Crippen LogP contribution in [0.4, 0.5) is 0 Å². The summed E-state index contributed by atoms with van der Waals surface area (Å²) in [5, 5.41) is 3.04. The summed E-state index contributed by atoms with van der Waals surface area (Å²) in [5.41, 5.74) is 6.90. The third-order valence-electron chi connectivity index (χ3n) is 3.52. The van der Waals surface area contributed by atoms with Crippen LogP contribution in [-0.4, -0.2) is 16.9 Å². The van der Waals surface area contributed by atoms with E-state index in [0.717, 1.165) is 18.4 Å². The summed E-state index contributed by atoms with van der Waals surface area (Å²) in [5.74, 6) is 0.431. The Morgan fingerprint density at radius 2 is 1.89 bits per heavy atom. The van der Waals surface area contributed by atoms with E-state index in [-0.39, 0.29) is 11.9 Å². The molecule has 0 aromatic heterocycles. The summed E-state index contributed by atoms with van der Waals surface area (Å²) >= 11 is 4.92. The van der Waals surface area contributed by atoms with Crippen LogP contribution in [0.5, 0.6) is 0 Å². The number of carbonyl (C=O) groups excluding carboxylic acids is 1. The summed E-state index contributed by atoms with van der Waals surface area (Å²) in [6.07, 6.45) is 2.12. The first kappa shape index (κ1) is 15.6. The van der Waals surface area contributed by atoms with Gasteiger partial charge in [0.1, 0.15) is 4.99 Å². The molecule has 3 N–H and O–H groups in total. The van der Waals surface area contributed by atoms with Crippen molar-refractivity contribution in [2.24, 2.45) is 11.7 Å². The molecule has 0 saturated carbocycles. The highest BCUT2D eigenvalue weighted by Crippen LogP contribution is 2.13. The Balaban J connectivity index is 2.78. The normalized spacial score (nSPS) is 12.2. The molecule has 0 heterocycles. The van der Waals surface area contributed by atoms with E-state index in [1.807, 2.05) is 13.0 Å². The van der Waals surface area contributed by atoms with Gasteiger partial charge < -0.3 is 11.1 Å². The maximum absolute atomic E-state index is 12.2. The fourth-order valence-electron chi connectivity index (χ4n) is 2.22. The number of nitrogens with two attached hydrogens (primary N) is 1. The molecule has 1 atom stereocenters. The van der Waals surface area contributed by atoms with Crippen LogP contribution >= 0.6 is 12.2 Å². The molecule has 1 rings (SSSR count). The van der Waals surface area contributed by atoms with Gasteiger partial charge in [0.05, 0.1) is 0 Å². The van der Waals surface area contributed by atoms with Gasteiger partial charge >= 0.3 is 0 Å². The van der Waals surface area contributed by atoms with E-state index in [1.54, 1.807) is 18.2 Å². The Hall–Kier alpha value is -1.42. The molecule has 0 bridgehead atoms. The Kier molecular flexibility index (Phi) is 5.96. The van der Waals surface area contributed by atoms with Gasteiger partial charge in [0, 0.05) is 17.2 Å². The van der Waals surface area contributed by atoms with Crippen molar-refractivity contribution in [3.63, 3.8) is 0 Å². The molecule has 4 heteroatoms. The van der Waals surface area contributed by atoms with Gasteiger partial charge in [0.2, 0.25) is 0 Å². The highest BCUT2D eigenvalue weighted by molar-refractivity contribution is 7.80. The van der Waals surface area contributed by atoms with Crippen molar-refractivity contribution in [1.82, 2.24) is 5.32 Å². The molecule has 1 aromatic rings. The fourth-order valence-corrected chi connectivity index (χ4v) is 2.34. The molecule has 0 spiro atoms. The van der Waals surface area contributed by atoms with Gasteiger partial charge in [-0.3, -0.25) is 4.79 Å². The number of nitrogens with one attached hydrogen (secondary N) is 1. The lowest BCUT2D eigenvalue weighted by atomic mass is 9.95. The maximum Gasteiger partial charge on any atom is 0.251 e. The Bertz CT molecular complexity index is 455. The SMILES string of the molecule is CCC(CC)C(C)NC(=O)c1cccc(C(N)=S)c1. The zero-order valence-corrected chi connectivity index (χ0v) is 12.6. The van der Waals surface area contributed by atoms with Crippen LogP contribution in [-0.2, 0) is 0 Å². The number of amides is 1. The van der Waals surface area contributed by atoms with E-state index in [4.69, 9.17) is 18.0 Å². The Morgan fingerprint density at radius 3 is 2.42 bits per heavy atom. The molecule has 0 aliphatic rings. The molecule has 3 nitrogen and oxygen atoms in total. The van der Waals surface area contributed by atoms with Crippen LogP contribution < -0.4 is 11.1 Å². The van der Waals surface area contributed by atoms with Crippen LogP contribution in [0.1, 0.15) is 49.5 Å². The highest BCUT2D eigenvalue weighted by atomic mass is 32.1. The second kappa shape index (κ2) is 7.24. The lowest BCUT2D eigenvalue weighted by molar-refractivity contribution is 0.0925. The highest BCUT2D eigenvalue weighted by Gasteiger charge is 2.16. The van der Waals surface area contributed by atoms with Gasteiger partial charge in [0.25, 0.3) is 5.91 Å². The topological polar surface area (TPSA) is 55.1 Å². The summed E-state index contributed by atoms with van der Waals surface area (Å²) in [7, 11) is 0. The Morgan fingerprint density at radius 1 is 1.32 bits per heavy atom. The molecule has 1 aromatic carbocycles. The average molecular weight is 278 g/mol. The monoisotopic (exact) mass is 278 g/mol.